The molecule has 0 aliphatic carbocycles. The molecule has 1 fully saturated rings. The van der Waals surface area contributed by atoms with Gasteiger partial charge in [-0.1, -0.05) is 176 Å². The van der Waals surface area contributed by atoms with Crippen molar-refractivity contribution in [3.8, 4) is 5.69 Å². The minimum atomic E-state index is -3.03. The standard InChI is InChI=1S/C48H37N3Si2/c1-7-21-38(22-8-1)49-47-34-20-19-33-45(47)46-37-40(35-36-48(46)49)51-52(41-25-11-3-12-26-41,42-27-13-4-14-28-42)50(39-23-9-2-10-24-39)53(51,43-29-15-5-16-30-43)44-31-17-6-18-32-44/h1-37H. The molecular weight excluding hydrogens is 675 g/mol. The fourth-order valence-corrected chi connectivity index (χ4v) is 24.2. The van der Waals surface area contributed by atoms with Gasteiger partial charge in [0.15, 0.2) is 0 Å². The number of fused-ring (bicyclic) bond motifs is 3. The van der Waals surface area contributed by atoms with Gasteiger partial charge in [-0.2, -0.15) is 0 Å². The lowest BCUT2D eigenvalue weighted by atomic mass is 10.1. The normalized spacial score (nSPS) is 14.6. The van der Waals surface area contributed by atoms with Gasteiger partial charge in [-0.05, 0) is 69.3 Å². The number of para-hydroxylation sites is 3. The molecule has 0 atom stereocenters. The summed E-state index contributed by atoms with van der Waals surface area (Å²) in [6, 6.07) is 83.4. The van der Waals surface area contributed by atoms with Crippen LogP contribution in [0.1, 0.15) is 0 Å². The van der Waals surface area contributed by atoms with Gasteiger partial charge in [-0.3, -0.25) is 0 Å². The molecule has 1 aliphatic rings. The van der Waals surface area contributed by atoms with Crippen LogP contribution in [0.2, 0.25) is 0 Å². The molecule has 0 spiro atoms. The van der Waals surface area contributed by atoms with Crippen molar-refractivity contribution in [1.29, 1.82) is 0 Å². The van der Waals surface area contributed by atoms with Gasteiger partial charge in [0.05, 0.1) is 11.0 Å². The van der Waals surface area contributed by atoms with E-state index in [2.05, 4.69) is 237 Å². The molecule has 10 rings (SSSR count). The second-order valence-electron chi connectivity index (χ2n) is 13.7. The van der Waals surface area contributed by atoms with Gasteiger partial charge in [0.1, 0.15) is 0 Å². The van der Waals surface area contributed by atoms with E-state index in [1.807, 2.05) is 0 Å². The summed E-state index contributed by atoms with van der Waals surface area (Å²) in [4.78, 5) is 0. The molecule has 5 heteroatoms. The maximum atomic E-state index is 2.97. The highest BCUT2D eigenvalue weighted by atomic mass is 28.5. The van der Waals surface area contributed by atoms with Gasteiger partial charge in [-0.15, -0.1) is 0 Å². The molecule has 252 valence electrons. The highest BCUT2D eigenvalue weighted by molar-refractivity contribution is 7.38. The van der Waals surface area contributed by atoms with Crippen molar-refractivity contribution < 1.29 is 0 Å². The van der Waals surface area contributed by atoms with Crippen LogP contribution in [-0.2, 0) is 0 Å². The van der Waals surface area contributed by atoms with Crippen molar-refractivity contribution >= 4 is 70.7 Å². The molecule has 3 nitrogen and oxygen atoms in total. The van der Waals surface area contributed by atoms with Gasteiger partial charge in [0, 0.05) is 27.8 Å². The van der Waals surface area contributed by atoms with Crippen molar-refractivity contribution in [2.45, 2.75) is 0 Å². The van der Waals surface area contributed by atoms with E-state index in [0.29, 0.717) is 0 Å². The topological polar surface area (TPSA) is 11.4 Å². The number of nitrogens with zero attached hydrogens (tertiary/aromatic N) is 3. The number of hydrogen-bond donors (Lipinski definition) is 0. The number of benzene rings is 8. The Hall–Kier alpha value is -6.41. The molecule has 0 amide bonds. The Morgan fingerprint density at radius 3 is 1.09 bits per heavy atom. The van der Waals surface area contributed by atoms with Crippen LogP contribution >= 0.6 is 0 Å². The predicted octanol–water partition coefficient (Wildman–Crippen LogP) is 8.62. The Balaban J connectivity index is 1.37. The predicted molar refractivity (Wildman–Crippen MR) is 228 cm³/mol. The van der Waals surface area contributed by atoms with E-state index in [9.17, 15) is 0 Å². The number of anilines is 2. The average molecular weight is 712 g/mol. The van der Waals surface area contributed by atoms with Crippen LogP contribution in [0.5, 0.6) is 0 Å². The Labute approximate surface area is 312 Å². The maximum Gasteiger partial charge on any atom is 0.318 e. The van der Waals surface area contributed by atoms with Gasteiger partial charge < -0.3 is 13.0 Å². The molecule has 9 aromatic rings. The summed E-state index contributed by atoms with van der Waals surface area (Å²) in [5.74, 6) is 0. The number of hydrogen-bond acceptors (Lipinski definition) is 2. The molecule has 8 aromatic carbocycles. The highest BCUT2D eigenvalue weighted by Gasteiger charge is 2.74. The molecule has 0 N–H and O–H groups in total. The molecular formula is C48H37N3Si2. The third kappa shape index (κ3) is 4.58. The number of aromatic nitrogens is 1. The van der Waals surface area contributed by atoms with E-state index in [4.69, 9.17) is 0 Å². The van der Waals surface area contributed by atoms with E-state index in [1.54, 1.807) is 0 Å². The second kappa shape index (κ2) is 12.7. The lowest BCUT2D eigenvalue weighted by molar-refractivity contribution is 1.18. The van der Waals surface area contributed by atoms with Crippen LogP contribution < -0.4 is 29.2 Å². The molecule has 0 saturated carbocycles. The van der Waals surface area contributed by atoms with E-state index in [-0.39, 0.29) is 0 Å². The van der Waals surface area contributed by atoms with Crippen LogP contribution in [0, 0.1) is 0 Å². The fraction of sp³-hybridized carbons (Fsp3) is 0. The van der Waals surface area contributed by atoms with Crippen LogP contribution in [0.25, 0.3) is 27.5 Å². The van der Waals surface area contributed by atoms with Crippen molar-refractivity contribution in [3.05, 3.63) is 224 Å². The molecule has 0 bridgehead atoms. The minimum absolute atomic E-state index is 1.17. The zero-order valence-corrected chi connectivity index (χ0v) is 31.2. The van der Waals surface area contributed by atoms with Crippen LogP contribution in [0.15, 0.2) is 224 Å². The monoisotopic (exact) mass is 711 g/mol. The van der Waals surface area contributed by atoms with E-state index in [1.165, 1.54) is 59.6 Å². The van der Waals surface area contributed by atoms with Gasteiger partial charge in [0.2, 0.25) is 0 Å². The Bertz CT molecular complexity index is 2500. The van der Waals surface area contributed by atoms with Crippen LogP contribution in [0.3, 0.4) is 0 Å². The quantitative estimate of drug-likeness (QED) is 0.154. The van der Waals surface area contributed by atoms with Gasteiger partial charge in [0.25, 0.3) is 0 Å². The average Bonchev–Trinajstić information content (AvgIpc) is 3.57. The molecule has 1 saturated heterocycles. The van der Waals surface area contributed by atoms with Crippen molar-refractivity contribution in [3.63, 3.8) is 0 Å². The van der Waals surface area contributed by atoms with Gasteiger partial charge >= 0.3 is 16.8 Å². The Morgan fingerprint density at radius 1 is 0.264 bits per heavy atom. The van der Waals surface area contributed by atoms with E-state index >= 15 is 0 Å². The summed E-state index contributed by atoms with van der Waals surface area (Å²) in [5, 5.41) is 7.95. The van der Waals surface area contributed by atoms with Crippen LogP contribution in [-0.4, -0.2) is 21.4 Å². The summed E-state index contributed by atoms with van der Waals surface area (Å²) in [5.41, 5.74) is 6.09. The second-order valence-corrected chi connectivity index (χ2v) is 21.4. The maximum absolute atomic E-state index is 3.03. The SMILES string of the molecule is c1ccc(N2[Si](c3ccccc3)(c3ccccc3)N(c3ccc4c(c3)c3ccccc3n4-c3ccccc3)[Si]2(c2ccccc2)c2ccccc2)cc1. The third-order valence-electron chi connectivity index (χ3n) is 10.9. The lowest BCUT2D eigenvalue weighted by Crippen LogP contribution is -3.07. The first-order valence-corrected chi connectivity index (χ1v) is 22.1. The third-order valence-corrected chi connectivity index (χ3v) is 23.0. The molecule has 1 aliphatic heterocycles. The van der Waals surface area contributed by atoms with E-state index < -0.39 is 16.8 Å². The number of rotatable bonds is 7. The van der Waals surface area contributed by atoms with Gasteiger partial charge in [-0.25, -0.2) is 0 Å². The van der Waals surface area contributed by atoms with Crippen molar-refractivity contribution in [2.75, 3.05) is 8.46 Å². The minimum Gasteiger partial charge on any atom is -0.378 e. The summed E-state index contributed by atoms with van der Waals surface area (Å²) in [7, 11) is -6.05. The summed E-state index contributed by atoms with van der Waals surface area (Å²) >= 11 is 0. The first-order valence-electron chi connectivity index (χ1n) is 18.3. The highest BCUT2D eigenvalue weighted by Crippen LogP contribution is 2.46. The summed E-state index contributed by atoms with van der Waals surface area (Å²) < 4.78 is 8.32. The molecule has 2 heterocycles. The van der Waals surface area contributed by atoms with Crippen molar-refractivity contribution in [2.24, 2.45) is 0 Å². The summed E-state index contributed by atoms with van der Waals surface area (Å²) in [6.07, 6.45) is 0. The van der Waals surface area contributed by atoms with E-state index in [0.717, 1.165) is 0 Å². The lowest BCUT2D eigenvalue weighted by Gasteiger charge is -2.73. The largest absolute Gasteiger partial charge is 0.378 e. The molecule has 53 heavy (non-hydrogen) atoms. The summed E-state index contributed by atoms with van der Waals surface area (Å²) in [6.45, 7) is 0. The first-order chi connectivity index (χ1) is 26.3. The van der Waals surface area contributed by atoms with Crippen LogP contribution in [0.4, 0.5) is 11.4 Å². The fourth-order valence-electron chi connectivity index (χ4n) is 8.95. The zero-order chi connectivity index (χ0) is 35.2. The molecule has 0 radical (unpaired) electrons. The molecule has 0 unspecified atom stereocenters. The van der Waals surface area contributed by atoms with Crippen molar-refractivity contribution in [1.82, 2.24) is 4.57 Å². The Kier molecular flexibility index (Phi) is 7.49. The molecule has 1 aromatic heterocycles. The Morgan fingerprint density at radius 2 is 0.623 bits per heavy atom. The zero-order valence-electron chi connectivity index (χ0n) is 29.2. The first kappa shape index (κ1) is 31.3. The smallest absolute Gasteiger partial charge is 0.318 e.